The number of benzene rings is 1. The second-order valence-electron chi connectivity index (χ2n) is 5.00. The Morgan fingerprint density at radius 3 is 2.55 bits per heavy atom. The Hall–Kier alpha value is -1.56. The van der Waals surface area contributed by atoms with Gasteiger partial charge in [-0.3, -0.25) is 9.59 Å². The van der Waals surface area contributed by atoms with Gasteiger partial charge in [0, 0.05) is 11.4 Å². The number of hydrogen-bond acceptors (Lipinski definition) is 3. The Morgan fingerprint density at radius 1 is 1.30 bits per heavy atom. The molecule has 1 aromatic rings. The van der Waals surface area contributed by atoms with Crippen LogP contribution in [0.15, 0.2) is 23.1 Å². The number of nitrogens with one attached hydrogen (secondary N) is 2. The van der Waals surface area contributed by atoms with Gasteiger partial charge in [0.15, 0.2) is 0 Å². The molecule has 0 bridgehead atoms. The van der Waals surface area contributed by atoms with E-state index in [0.29, 0.717) is 17.4 Å². The van der Waals surface area contributed by atoms with Gasteiger partial charge in [0.05, 0.1) is 5.56 Å². The van der Waals surface area contributed by atoms with E-state index in [4.69, 9.17) is 0 Å². The molecule has 1 rings (SSSR count). The highest BCUT2D eigenvalue weighted by Gasteiger charge is 2.18. The van der Waals surface area contributed by atoms with Crippen LogP contribution in [-0.2, 0) is 4.79 Å². The zero-order valence-corrected chi connectivity index (χ0v) is 12.6. The average molecular weight is 298 g/mol. The molecule has 0 aromatic heterocycles. The minimum Gasteiger partial charge on any atom is -0.354 e. The molecule has 6 heteroatoms. The molecule has 0 fully saturated rings. The summed E-state index contributed by atoms with van der Waals surface area (Å²) in [5.74, 6) is -1.25. The monoisotopic (exact) mass is 298 g/mol. The summed E-state index contributed by atoms with van der Waals surface area (Å²) in [5.41, 5.74) is -0.124. The van der Waals surface area contributed by atoms with Gasteiger partial charge in [0.25, 0.3) is 5.91 Å². The van der Waals surface area contributed by atoms with Crippen LogP contribution in [0.5, 0.6) is 0 Å². The summed E-state index contributed by atoms with van der Waals surface area (Å²) in [6.07, 6.45) is 0. The van der Waals surface area contributed by atoms with E-state index >= 15 is 0 Å². The summed E-state index contributed by atoms with van der Waals surface area (Å²) < 4.78 is 13.5. The smallest absolute Gasteiger partial charge is 0.254 e. The number of rotatable bonds is 5. The number of carbonyl (C=O) groups is 2. The first-order valence-corrected chi connectivity index (χ1v) is 6.83. The minimum atomic E-state index is -0.732. The Labute approximate surface area is 123 Å². The van der Waals surface area contributed by atoms with E-state index < -0.39 is 17.8 Å². The van der Waals surface area contributed by atoms with Gasteiger partial charge in [-0.25, -0.2) is 4.39 Å². The largest absolute Gasteiger partial charge is 0.354 e. The first kappa shape index (κ1) is 16.5. The molecule has 0 saturated heterocycles. The molecular weight excluding hydrogens is 279 g/mol. The van der Waals surface area contributed by atoms with Crippen molar-refractivity contribution in [1.29, 1.82) is 0 Å². The molecule has 2 N–H and O–H groups in total. The van der Waals surface area contributed by atoms with E-state index in [0.717, 1.165) is 0 Å². The quantitative estimate of drug-likeness (QED) is 0.728. The van der Waals surface area contributed by atoms with E-state index in [1.807, 2.05) is 13.8 Å². The Morgan fingerprint density at radius 2 is 1.95 bits per heavy atom. The number of hydrogen-bond donors (Lipinski definition) is 3. The van der Waals surface area contributed by atoms with Crippen LogP contribution < -0.4 is 10.6 Å². The molecule has 0 radical (unpaired) electrons. The molecule has 1 atom stereocenters. The lowest BCUT2D eigenvalue weighted by Crippen LogP contribution is -2.45. The van der Waals surface area contributed by atoms with E-state index in [1.165, 1.54) is 18.2 Å². The fraction of sp³-hybridized carbons (Fsp3) is 0.429. The van der Waals surface area contributed by atoms with Crippen LogP contribution in [0.4, 0.5) is 4.39 Å². The van der Waals surface area contributed by atoms with Crippen LogP contribution in [0.2, 0.25) is 0 Å². The standard InChI is InChI=1S/C14H19FN2O2S/c1-8(2)7-16-13(18)9(3)17-14(19)11-6-10(20)4-5-12(11)15/h4-6,8-9,20H,7H2,1-3H3,(H,16,18)(H,17,19). The summed E-state index contributed by atoms with van der Waals surface area (Å²) >= 11 is 4.06. The van der Waals surface area contributed by atoms with E-state index in [-0.39, 0.29) is 11.5 Å². The third-order valence-electron chi connectivity index (χ3n) is 2.62. The van der Waals surface area contributed by atoms with Crippen molar-refractivity contribution in [2.45, 2.75) is 31.7 Å². The van der Waals surface area contributed by atoms with Crippen molar-refractivity contribution in [2.24, 2.45) is 5.92 Å². The van der Waals surface area contributed by atoms with Crippen LogP contribution in [0, 0.1) is 11.7 Å². The summed E-state index contributed by atoms with van der Waals surface area (Å²) in [6.45, 7) is 6.02. The highest BCUT2D eigenvalue weighted by atomic mass is 32.1. The normalized spacial score (nSPS) is 12.1. The van der Waals surface area contributed by atoms with Gasteiger partial charge in [0.1, 0.15) is 11.9 Å². The average Bonchev–Trinajstić information content (AvgIpc) is 2.38. The van der Waals surface area contributed by atoms with Crippen LogP contribution >= 0.6 is 12.6 Å². The highest BCUT2D eigenvalue weighted by Crippen LogP contribution is 2.13. The lowest BCUT2D eigenvalue weighted by atomic mass is 10.1. The van der Waals surface area contributed by atoms with Gasteiger partial charge in [0.2, 0.25) is 5.91 Å². The third kappa shape index (κ3) is 4.85. The van der Waals surface area contributed by atoms with Crippen LogP contribution in [0.3, 0.4) is 0 Å². The van der Waals surface area contributed by atoms with Crippen LogP contribution in [0.25, 0.3) is 0 Å². The van der Waals surface area contributed by atoms with Gasteiger partial charge in [-0.2, -0.15) is 0 Å². The molecule has 0 heterocycles. The van der Waals surface area contributed by atoms with Gasteiger partial charge in [-0.1, -0.05) is 13.8 Å². The number of carbonyl (C=O) groups excluding carboxylic acids is 2. The first-order chi connectivity index (χ1) is 9.31. The molecule has 0 aliphatic heterocycles. The van der Waals surface area contributed by atoms with Crippen molar-refractivity contribution in [1.82, 2.24) is 10.6 Å². The molecule has 0 spiro atoms. The predicted octanol–water partition coefficient (Wildman–Crippen LogP) is 2.00. The molecule has 4 nitrogen and oxygen atoms in total. The molecule has 0 aliphatic rings. The highest BCUT2D eigenvalue weighted by molar-refractivity contribution is 7.80. The molecule has 2 amide bonds. The molecule has 0 saturated carbocycles. The molecule has 1 aromatic carbocycles. The predicted molar refractivity (Wildman–Crippen MR) is 78.4 cm³/mol. The SMILES string of the molecule is CC(C)CNC(=O)C(C)NC(=O)c1cc(S)ccc1F. The topological polar surface area (TPSA) is 58.2 Å². The number of amides is 2. The van der Waals surface area contributed by atoms with Crippen molar-refractivity contribution in [3.8, 4) is 0 Å². The van der Waals surface area contributed by atoms with E-state index in [9.17, 15) is 14.0 Å². The maximum atomic E-state index is 13.5. The molecule has 20 heavy (non-hydrogen) atoms. The van der Waals surface area contributed by atoms with Gasteiger partial charge in [-0.15, -0.1) is 12.6 Å². The Bertz CT molecular complexity index is 506. The van der Waals surface area contributed by atoms with E-state index in [1.54, 1.807) is 6.92 Å². The summed E-state index contributed by atoms with van der Waals surface area (Å²) in [7, 11) is 0. The lowest BCUT2D eigenvalue weighted by Gasteiger charge is -2.15. The second kappa shape index (κ2) is 7.28. The van der Waals surface area contributed by atoms with Gasteiger partial charge < -0.3 is 10.6 Å². The molecule has 110 valence electrons. The molecule has 1 unspecified atom stereocenters. The fourth-order valence-corrected chi connectivity index (χ4v) is 1.69. The van der Waals surface area contributed by atoms with E-state index in [2.05, 4.69) is 23.3 Å². The maximum Gasteiger partial charge on any atom is 0.254 e. The Balaban J connectivity index is 2.65. The van der Waals surface area contributed by atoms with Crippen molar-refractivity contribution < 1.29 is 14.0 Å². The molecular formula is C14H19FN2O2S. The molecule has 0 aliphatic carbocycles. The zero-order chi connectivity index (χ0) is 15.3. The lowest BCUT2D eigenvalue weighted by molar-refractivity contribution is -0.122. The summed E-state index contributed by atoms with van der Waals surface area (Å²) in [5, 5.41) is 5.16. The first-order valence-electron chi connectivity index (χ1n) is 6.38. The van der Waals surface area contributed by atoms with Crippen molar-refractivity contribution in [2.75, 3.05) is 6.54 Å². The van der Waals surface area contributed by atoms with Crippen molar-refractivity contribution in [3.05, 3.63) is 29.6 Å². The third-order valence-corrected chi connectivity index (χ3v) is 2.90. The fourth-order valence-electron chi connectivity index (χ4n) is 1.49. The van der Waals surface area contributed by atoms with Gasteiger partial charge >= 0.3 is 0 Å². The van der Waals surface area contributed by atoms with Crippen LogP contribution in [0.1, 0.15) is 31.1 Å². The van der Waals surface area contributed by atoms with Crippen LogP contribution in [-0.4, -0.2) is 24.4 Å². The van der Waals surface area contributed by atoms with Crippen molar-refractivity contribution >= 4 is 24.4 Å². The summed E-state index contributed by atoms with van der Waals surface area (Å²) in [4.78, 5) is 24.1. The maximum absolute atomic E-state index is 13.5. The minimum absolute atomic E-state index is 0.124. The summed E-state index contributed by atoms with van der Waals surface area (Å²) in [6, 6.07) is 3.21. The van der Waals surface area contributed by atoms with Gasteiger partial charge in [-0.05, 0) is 31.0 Å². The zero-order valence-electron chi connectivity index (χ0n) is 11.7. The number of halogens is 1. The van der Waals surface area contributed by atoms with Crippen molar-refractivity contribution in [3.63, 3.8) is 0 Å². The Kier molecular flexibility index (Phi) is 6.01. The second-order valence-corrected chi connectivity index (χ2v) is 5.51. The number of thiol groups is 1.